The van der Waals surface area contributed by atoms with Crippen LogP contribution >= 0.6 is 0 Å². The zero-order valence-electron chi connectivity index (χ0n) is 10.8. The number of benzene rings is 1. The summed E-state index contributed by atoms with van der Waals surface area (Å²) in [6, 6.07) is 6.23. The van der Waals surface area contributed by atoms with E-state index in [9.17, 15) is 4.39 Å². The number of nitrogens with zero attached hydrogens (tertiary/aromatic N) is 1. The summed E-state index contributed by atoms with van der Waals surface area (Å²) in [5, 5.41) is 0. The van der Waals surface area contributed by atoms with E-state index in [0.717, 1.165) is 25.9 Å². The first kappa shape index (κ1) is 13.3. The Morgan fingerprint density at radius 3 is 2.83 bits per heavy atom. The molecule has 2 N–H and O–H groups in total. The third-order valence-electron chi connectivity index (χ3n) is 3.61. The topological polar surface area (TPSA) is 38.5 Å². The molecular weight excluding hydrogens is 231 g/mol. The van der Waals surface area contributed by atoms with Crippen LogP contribution in [0, 0.1) is 11.7 Å². The van der Waals surface area contributed by atoms with Gasteiger partial charge in [-0.25, -0.2) is 4.39 Å². The molecule has 1 unspecified atom stereocenters. The SMILES string of the molecule is CN1CCC(C(N)COc2cccc(F)c2)CC1. The van der Waals surface area contributed by atoms with E-state index in [1.807, 2.05) is 0 Å². The number of hydrogen-bond acceptors (Lipinski definition) is 3. The van der Waals surface area contributed by atoms with E-state index in [4.69, 9.17) is 10.5 Å². The molecule has 1 saturated heterocycles. The standard InChI is InChI=1S/C14H21FN2O/c1-17-7-5-11(6-8-17)14(16)10-18-13-4-2-3-12(15)9-13/h2-4,9,11,14H,5-8,10,16H2,1H3. The summed E-state index contributed by atoms with van der Waals surface area (Å²) in [7, 11) is 2.13. The third kappa shape index (κ3) is 3.68. The maximum Gasteiger partial charge on any atom is 0.126 e. The Balaban J connectivity index is 1.79. The number of rotatable bonds is 4. The number of nitrogens with two attached hydrogens (primary N) is 1. The minimum Gasteiger partial charge on any atom is -0.492 e. The maximum absolute atomic E-state index is 13.0. The largest absolute Gasteiger partial charge is 0.492 e. The van der Waals surface area contributed by atoms with Gasteiger partial charge in [0.25, 0.3) is 0 Å². The summed E-state index contributed by atoms with van der Waals surface area (Å²) in [4.78, 5) is 2.32. The Bertz CT molecular complexity index is 378. The van der Waals surface area contributed by atoms with Crippen LogP contribution in [-0.4, -0.2) is 37.7 Å². The Morgan fingerprint density at radius 2 is 2.17 bits per heavy atom. The van der Waals surface area contributed by atoms with Crippen LogP contribution in [-0.2, 0) is 0 Å². The molecule has 4 heteroatoms. The molecule has 1 aliphatic rings. The molecule has 2 rings (SSSR count). The quantitative estimate of drug-likeness (QED) is 0.889. The van der Waals surface area contributed by atoms with Crippen LogP contribution in [0.25, 0.3) is 0 Å². The first-order valence-electron chi connectivity index (χ1n) is 6.47. The summed E-state index contributed by atoms with van der Waals surface area (Å²) in [5.74, 6) is 0.786. The van der Waals surface area contributed by atoms with Crippen molar-refractivity contribution in [1.29, 1.82) is 0 Å². The monoisotopic (exact) mass is 252 g/mol. The first-order chi connectivity index (χ1) is 8.65. The molecule has 0 saturated carbocycles. The highest BCUT2D eigenvalue weighted by atomic mass is 19.1. The Hall–Kier alpha value is -1.13. The lowest BCUT2D eigenvalue weighted by atomic mass is 9.90. The van der Waals surface area contributed by atoms with Crippen LogP contribution in [0.15, 0.2) is 24.3 Å². The predicted octanol–water partition coefficient (Wildman–Crippen LogP) is 1.87. The molecule has 1 aliphatic heterocycles. The van der Waals surface area contributed by atoms with Crippen molar-refractivity contribution in [2.24, 2.45) is 11.7 Å². The van der Waals surface area contributed by atoms with E-state index in [1.165, 1.54) is 12.1 Å². The number of piperidine rings is 1. The van der Waals surface area contributed by atoms with Gasteiger partial charge in [0, 0.05) is 12.1 Å². The van der Waals surface area contributed by atoms with Crippen LogP contribution in [0.3, 0.4) is 0 Å². The predicted molar refractivity (Wildman–Crippen MR) is 70.1 cm³/mol. The Labute approximate surface area is 108 Å². The zero-order valence-corrected chi connectivity index (χ0v) is 10.8. The highest BCUT2D eigenvalue weighted by Gasteiger charge is 2.23. The summed E-state index contributed by atoms with van der Waals surface area (Å²) in [6.45, 7) is 2.65. The number of halogens is 1. The van der Waals surface area contributed by atoms with Gasteiger partial charge in [0.1, 0.15) is 18.2 Å². The summed E-state index contributed by atoms with van der Waals surface area (Å²) >= 11 is 0. The molecule has 1 heterocycles. The van der Waals surface area contributed by atoms with Gasteiger partial charge < -0.3 is 15.4 Å². The third-order valence-corrected chi connectivity index (χ3v) is 3.61. The molecule has 1 fully saturated rings. The lowest BCUT2D eigenvalue weighted by Gasteiger charge is -2.32. The molecular formula is C14H21FN2O. The zero-order chi connectivity index (χ0) is 13.0. The molecule has 18 heavy (non-hydrogen) atoms. The average Bonchev–Trinajstić information content (AvgIpc) is 2.37. The van der Waals surface area contributed by atoms with Crippen molar-refractivity contribution in [3.8, 4) is 5.75 Å². The van der Waals surface area contributed by atoms with Crippen molar-refractivity contribution < 1.29 is 9.13 Å². The number of ether oxygens (including phenoxy) is 1. The van der Waals surface area contributed by atoms with E-state index in [-0.39, 0.29) is 11.9 Å². The van der Waals surface area contributed by atoms with Crippen LogP contribution < -0.4 is 10.5 Å². The van der Waals surface area contributed by atoms with Gasteiger partial charge >= 0.3 is 0 Å². The lowest BCUT2D eigenvalue weighted by molar-refractivity contribution is 0.166. The van der Waals surface area contributed by atoms with Gasteiger partial charge in [0.15, 0.2) is 0 Å². The highest BCUT2D eigenvalue weighted by molar-refractivity contribution is 5.22. The van der Waals surface area contributed by atoms with Gasteiger partial charge in [-0.05, 0) is 51.0 Å². The van der Waals surface area contributed by atoms with Crippen LogP contribution in [0.2, 0.25) is 0 Å². The molecule has 0 aliphatic carbocycles. The van der Waals surface area contributed by atoms with E-state index in [1.54, 1.807) is 12.1 Å². The van der Waals surface area contributed by atoms with Crippen molar-refractivity contribution in [2.45, 2.75) is 18.9 Å². The van der Waals surface area contributed by atoms with Crippen LogP contribution in [0.4, 0.5) is 4.39 Å². The van der Waals surface area contributed by atoms with E-state index < -0.39 is 0 Å². The number of likely N-dealkylation sites (tertiary alicyclic amines) is 1. The Kier molecular flexibility index (Phi) is 4.55. The molecule has 3 nitrogen and oxygen atoms in total. The first-order valence-corrected chi connectivity index (χ1v) is 6.47. The van der Waals surface area contributed by atoms with Crippen molar-refractivity contribution in [3.63, 3.8) is 0 Å². The smallest absolute Gasteiger partial charge is 0.126 e. The van der Waals surface area contributed by atoms with Gasteiger partial charge in [0.05, 0.1) is 0 Å². The fourth-order valence-electron chi connectivity index (χ4n) is 2.34. The van der Waals surface area contributed by atoms with Gasteiger partial charge in [-0.3, -0.25) is 0 Å². The number of hydrogen-bond donors (Lipinski definition) is 1. The molecule has 0 spiro atoms. The van der Waals surface area contributed by atoms with Crippen LogP contribution in [0.1, 0.15) is 12.8 Å². The second kappa shape index (κ2) is 6.16. The van der Waals surface area contributed by atoms with E-state index in [2.05, 4.69) is 11.9 Å². The van der Waals surface area contributed by atoms with Crippen LogP contribution in [0.5, 0.6) is 5.75 Å². The summed E-state index contributed by atoms with van der Waals surface area (Å²) in [6.07, 6.45) is 2.23. The van der Waals surface area contributed by atoms with Gasteiger partial charge in [-0.2, -0.15) is 0 Å². The minimum atomic E-state index is -0.277. The fourth-order valence-corrected chi connectivity index (χ4v) is 2.34. The molecule has 0 bridgehead atoms. The lowest BCUT2D eigenvalue weighted by Crippen LogP contribution is -2.42. The minimum absolute atomic E-state index is 0.0296. The average molecular weight is 252 g/mol. The van der Waals surface area contributed by atoms with E-state index >= 15 is 0 Å². The van der Waals surface area contributed by atoms with Gasteiger partial charge in [-0.15, -0.1) is 0 Å². The van der Waals surface area contributed by atoms with Crippen molar-refractivity contribution >= 4 is 0 Å². The maximum atomic E-state index is 13.0. The van der Waals surface area contributed by atoms with E-state index in [0.29, 0.717) is 18.3 Å². The molecule has 1 aromatic rings. The fraction of sp³-hybridized carbons (Fsp3) is 0.571. The molecule has 0 amide bonds. The molecule has 0 aromatic heterocycles. The van der Waals surface area contributed by atoms with Gasteiger partial charge in [-0.1, -0.05) is 6.07 Å². The molecule has 1 aromatic carbocycles. The van der Waals surface area contributed by atoms with Gasteiger partial charge in [0.2, 0.25) is 0 Å². The van der Waals surface area contributed by atoms with Crippen molar-refractivity contribution in [3.05, 3.63) is 30.1 Å². The molecule has 100 valence electrons. The molecule has 1 atom stereocenters. The second-order valence-electron chi connectivity index (χ2n) is 5.07. The Morgan fingerprint density at radius 1 is 1.44 bits per heavy atom. The highest BCUT2D eigenvalue weighted by Crippen LogP contribution is 2.20. The summed E-state index contributed by atoms with van der Waals surface area (Å²) in [5.41, 5.74) is 6.14. The normalized spacial score (nSPS) is 19.7. The second-order valence-corrected chi connectivity index (χ2v) is 5.07. The van der Waals surface area contributed by atoms with Crippen molar-refractivity contribution in [2.75, 3.05) is 26.7 Å². The molecule has 0 radical (unpaired) electrons. The van der Waals surface area contributed by atoms with Crippen molar-refractivity contribution in [1.82, 2.24) is 4.90 Å². The summed E-state index contributed by atoms with van der Waals surface area (Å²) < 4.78 is 18.5.